The molecule has 0 aliphatic heterocycles. The molecule has 1 amide bonds. The first kappa shape index (κ1) is 62.4. The van der Waals surface area contributed by atoms with Crippen LogP contribution in [-0.2, 0) is 32.7 Å². The third kappa shape index (κ3) is 46.9. The molecule has 0 aliphatic rings. The van der Waals surface area contributed by atoms with Crippen LogP contribution < -0.4 is 5.32 Å². The molecule has 376 valence electrons. The summed E-state index contributed by atoms with van der Waals surface area (Å²) in [7, 11) is -4.78. The van der Waals surface area contributed by atoms with Crippen molar-refractivity contribution in [2.75, 3.05) is 19.8 Å². The van der Waals surface area contributed by atoms with Crippen molar-refractivity contribution in [3.05, 3.63) is 97.2 Å². The van der Waals surface area contributed by atoms with Gasteiger partial charge < -0.3 is 25.2 Å². The molecule has 0 heterocycles. The van der Waals surface area contributed by atoms with Gasteiger partial charge in [-0.05, 0) is 96.3 Å². The molecule has 0 aliphatic carbocycles. The number of allylic oxidation sites excluding steroid dienone is 16. The Morgan fingerprint density at radius 3 is 1.33 bits per heavy atom. The third-order valence-corrected chi connectivity index (χ3v) is 11.3. The van der Waals surface area contributed by atoms with Gasteiger partial charge in [0.25, 0.3) is 0 Å². The Bertz CT molecular complexity index is 1480. The molecule has 12 heteroatoms. The van der Waals surface area contributed by atoms with Crippen LogP contribution in [0.3, 0.4) is 0 Å². The molecule has 0 rings (SSSR count). The number of carboxylic acid groups (broad SMARTS) is 1. The largest absolute Gasteiger partial charge is 0.480 e. The van der Waals surface area contributed by atoms with E-state index < -0.39 is 57.6 Å². The number of nitrogens with one attached hydrogen (secondary N) is 1. The van der Waals surface area contributed by atoms with Gasteiger partial charge in [0.1, 0.15) is 12.7 Å². The van der Waals surface area contributed by atoms with Gasteiger partial charge in [0.05, 0.1) is 13.2 Å². The average molecular weight is 944 g/mol. The van der Waals surface area contributed by atoms with Crippen molar-refractivity contribution in [2.45, 2.75) is 206 Å². The number of aliphatic hydroxyl groups is 1. The molecule has 4 N–H and O–H groups in total. The first-order valence-corrected chi connectivity index (χ1v) is 26.8. The Morgan fingerprint density at radius 2 is 0.879 bits per heavy atom. The van der Waals surface area contributed by atoms with Gasteiger partial charge in [-0.15, -0.1) is 0 Å². The minimum Gasteiger partial charge on any atom is -0.480 e. The fraction of sp³-hybridized carbons (Fsp3) is 0.648. The highest BCUT2D eigenvalue weighted by atomic mass is 31.2. The fourth-order valence-corrected chi connectivity index (χ4v) is 7.24. The normalized spacial score (nSPS) is 14.4. The lowest BCUT2D eigenvalue weighted by Crippen LogP contribution is -2.43. The summed E-state index contributed by atoms with van der Waals surface area (Å²) < 4.78 is 26.9. The molecule has 66 heavy (non-hydrogen) atoms. The highest BCUT2D eigenvalue weighted by molar-refractivity contribution is 7.47. The van der Waals surface area contributed by atoms with Crippen molar-refractivity contribution in [2.24, 2.45) is 0 Å². The lowest BCUT2D eigenvalue weighted by molar-refractivity contribution is -0.147. The van der Waals surface area contributed by atoms with Gasteiger partial charge in [-0.25, -0.2) is 9.36 Å². The number of hydrogen-bond acceptors (Lipinski definition) is 8. The maximum atomic E-state index is 12.4. The second kappa shape index (κ2) is 47.9. The molecule has 0 aromatic rings. The smallest absolute Gasteiger partial charge is 0.472 e. The summed E-state index contributed by atoms with van der Waals surface area (Å²) in [6, 6.07) is -1.56. The number of rotatable bonds is 46. The van der Waals surface area contributed by atoms with Crippen LogP contribution in [0, 0.1) is 0 Å². The molecule has 0 fully saturated rings. The number of unbranched alkanes of at least 4 members (excludes halogenated alkanes) is 16. The second-order valence-corrected chi connectivity index (χ2v) is 18.1. The van der Waals surface area contributed by atoms with Crippen molar-refractivity contribution in [3.63, 3.8) is 0 Å². The van der Waals surface area contributed by atoms with Crippen LogP contribution in [0.25, 0.3) is 0 Å². The van der Waals surface area contributed by atoms with E-state index in [2.05, 4.69) is 116 Å². The lowest BCUT2D eigenvalue weighted by Gasteiger charge is -2.18. The van der Waals surface area contributed by atoms with E-state index >= 15 is 0 Å². The van der Waals surface area contributed by atoms with E-state index in [0.29, 0.717) is 12.8 Å². The molecule has 0 saturated heterocycles. The first-order valence-electron chi connectivity index (χ1n) is 25.3. The number of aliphatic carboxylic acids is 1. The molecule has 0 aromatic heterocycles. The molecular weight excluding hydrogens is 854 g/mol. The number of hydrogen-bond donors (Lipinski definition) is 4. The van der Waals surface area contributed by atoms with Gasteiger partial charge in [0.2, 0.25) is 5.91 Å². The molecule has 0 radical (unpaired) electrons. The summed E-state index contributed by atoms with van der Waals surface area (Å²) in [6.45, 7) is 2.42. The molecular formula is C54H90NO10P. The predicted octanol–water partition coefficient (Wildman–Crippen LogP) is 14.0. The van der Waals surface area contributed by atoms with Crippen molar-refractivity contribution in [3.8, 4) is 0 Å². The number of ether oxygens (including phenoxy) is 1. The fourth-order valence-electron chi connectivity index (χ4n) is 6.47. The van der Waals surface area contributed by atoms with Crippen LogP contribution >= 0.6 is 7.82 Å². The lowest BCUT2D eigenvalue weighted by atomic mass is 10.0. The highest BCUT2D eigenvalue weighted by Crippen LogP contribution is 2.43. The Balaban J connectivity index is 3.91. The monoisotopic (exact) mass is 944 g/mol. The van der Waals surface area contributed by atoms with Crippen LogP contribution in [0.1, 0.15) is 194 Å². The molecule has 3 atom stereocenters. The SMILES string of the molecule is CC/C=C\C/C=C\C/C=C\C/C=C\C/C=C\CCCCCC(=O)OCC(O)COP(=O)(O)OCC(NC(=O)CCCCCCCCCCCC/C=C\C/C=C\C/C=C\CCCCC)C(=O)O. The van der Waals surface area contributed by atoms with Crippen LogP contribution in [0.4, 0.5) is 0 Å². The number of phosphoric acid groups is 1. The van der Waals surface area contributed by atoms with Gasteiger partial charge >= 0.3 is 19.8 Å². The topological polar surface area (TPSA) is 169 Å². The molecule has 3 unspecified atom stereocenters. The van der Waals surface area contributed by atoms with E-state index in [1.165, 1.54) is 57.8 Å². The number of amides is 1. The summed E-state index contributed by atoms with van der Waals surface area (Å²) >= 11 is 0. The zero-order valence-corrected chi connectivity index (χ0v) is 41.9. The van der Waals surface area contributed by atoms with Crippen LogP contribution in [-0.4, -0.2) is 64.9 Å². The Hall–Kier alpha value is -3.60. The number of carbonyl (C=O) groups is 3. The zero-order valence-electron chi connectivity index (χ0n) is 41.0. The highest BCUT2D eigenvalue weighted by Gasteiger charge is 2.28. The Labute approximate surface area is 400 Å². The van der Waals surface area contributed by atoms with Crippen molar-refractivity contribution in [1.29, 1.82) is 0 Å². The molecule has 0 saturated carbocycles. The van der Waals surface area contributed by atoms with Gasteiger partial charge in [-0.3, -0.25) is 18.6 Å². The maximum Gasteiger partial charge on any atom is 0.472 e. The summed E-state index contributed by atoms with van der Waals surface area (Å²) in [6.07, 6.45) is 61.4. The Morgan fingerprint density at radius 1 is 0.500 bits per heavy atom. The quantitative estimate of drug-likeness (QED) is 0.0199. The molecule has 0 spiro atoms. The van der Waals surface area contributed by atoms with Crippen molar-refractivity contribution in [1.82, 2.24) is 5.32 Å². The van der Waals surface area contributed by atoms with Gasteiger partial charge in [-0.1, -0.05) is 182 Å². The van der Waals surface area contributed by atoms with E-state index in [0.717, 1.165) is 96.3 Å². The van der Waals surface area contributed by atoms with E-state index in [1.807, 2.05) is 0 Å². The molecule has 11 nitrogen and oxygen atoms in total. The summed E-state index contributed by atoms with van der Waals surface area (Å²) in [5, 5.41) is 21.9. The number of esters is 1. The first-order chi connectivity index (χ1) is 32.1. The second-order valence-electron chi connectivity index (χ2n) is 16.6. The number of aliphatic hydroxyl groups excluding tert-OH is 1. The Kier molecular flexibility index (Phi) is 45.3. The predicted molar refractivity (Wildman–Crippen MR) is 272 cm³/mol. The van der Waals surface area contributed by atoms with E-state index in [1.54, 1.807) is 0 Å². The maximum absolute atomic E-state index is 12.4. The van der Waals surface area contributed by atoms with Crippen LogP contribution in [0.15, 0.2) is 97.2 Å². The van der Waals surface area contributed by atoms with Gasteiger partial charge in [0.15, 0.2) is 6.04 Å². The number of phosphoric ester groups is 1. The van der Waals surface area contributed by atoms with Crippen LogP contribution in [0.2, 0.25) is 0 Å². The minimum absolute atomic E-state index is 0.133. The molecule has 0 aromatic carbocycles. The minimum atomic E-state index is -4.78. The molecule has 0 bridgehead atoms. The summed E-state index contributed by atoms with van der Waals surface area (Å²) in [5.41, 5.74) is 0. The van der Waals surface area contributed by atoms with E-state index in [4.69, 9.17) is 13.8 Å². The van der Waals surface area contributed by atoms with Crippen molar-refractivity contribution < 1.29 is 47.8 Å². The van der Waals surface area contributed by atoms with Crippen molar-refractivity contribution >= 4 is 25.7 Å². The van der Waals surface area contributed by atoms with E-state index in [-0.39, 0.29) is 12.8 Å². The number of carboxylic acids is 1. The van der Waals surface area contributed by atoms with Gasteiger partial charge in [0, 0.05) is 12.8 Å². The van der Waals surface area contributed by atoms with Gasteiger partial charge in [-0.2, -0.15) is 0 Å². The number of carbonyl (C=O) groups excluding carboxylic acids is 2. The summed E-state index contributed by atoms with van der Waals surface area (Å²) in [5.74, 6) is -2.42. The van der Waals surface area contributed by atoms with Crippen LogP contribution in [0.5, 0.6) is 0 Å². The third-order valence-electron chi connectivity index (χ3n) is 10.4. The zero-order chi connectivity index (χ0) is 48.4. The average Bonchev–Trinajstić information content (AvgIpc) is 3.29. The van der Waals surface area contributed by atoms with E-state index in [9.17, 15) is 34.1 Å². The summed E-state index contributed by atoms with van der Waals surface area (Å²) in [4.78, 5) is 46.1. The standard InChI is InChI=1S/C54H90NO10P/c1-3-5-7-9-11-13-15-17-19-21-23-24-25-26-28-29-31-33-35-37-39-41-43-45-52(57)55-51(54(59)60)49-65-66(61,62)64-48-50(56)47-63-53(58)46-44-42-40-38-36-34-32-30-27-22-20-18-16-14-12-10-8-6-4-2/h6,8,11-14,17-20,23-24,27,30,34,36,50-51,56H,3-5,7,9-10,15-16,21-22,25-26,28-29,31-33,35,37-49H2,1-2H3,(H,55,57)(H,59,60)(H,61,62)/b8-6-,13-11-,14-12-,19-17-,20-18-,24-23-,30-27-,36-34-.